The topological polar surface area (TPSA) is 84.4 Å². The van der Waals surface area contributed by atoms with Crippen molar-refractivity contribution in [1.29, 1.82) is 0 Å². The van der Waals surface area contributed by atoms with Gasteiger partial charge in [-0.2, -0.15) is 0 Å². The van der Waals surface area contributed by atoms with Crippen LogP contribution in [0.4, 0.5) is 17.3 Å². The van der Waals surface area contributed by atoms with Crippen LogP contribution in [0.25, 0.3) is 27.7 Å². The first-order valence-electron chi connectivity index (χ1n) is 12.8. The molecule has 1 saturated heterocycles. The van der Waals surface area contributed by atoms with Crippen molar-refractivity contribution in [1.82, 2.24) is 24.3 Å². The molecule has 0 spiro atoms. The molecule has 0 radical (unpaired) electrons. The second-order valence-corrected chi connectivity index (χ2v) is 10.1. The summed E-state index contributed by atoms with van der Waals surface area (Å²) >= 11 is 0. The van der Waals surface area contributed by atoms with Crippen LogP contribution >= 0.6 is 0 Å². The van der Waals surface area contributed by atoms with Crippen LogP contribution in [0.3, 0.4) is 0 Å². The minimum absolute atomic E-state index is 0.458. The Balaban J connectivity index is 1.23. The average molecular weight is 476 g/mol. The Morgan fingerprint density at radius 2 is 1.81 bits per heavy atom. The maximum Gasteiger partial charge on any atom is 0.150 e. The summed E-state index contributed by atoms with van der Waals surface area (Å²) in [7, 11) is 0. The molecule has 2 aliphatic rings. The van der Waals surface area contributed by atoms with Crippen LogP contribution < -0.4 is 11.1 Å². The van der Waals surface area contributed by atoms with Crippen molar-refractivity contribution < 1.29 is 0 Å². The number of hydrogen-bond donors (Lipinski definition) is 2. The molecule has 3 N–H and O–H groups in total. The Kier molecular flexibility index (Phi) is 5.10. The van der Waals surface area contributed by atoms with Crippen LogP contribution in [0.1, 0.15) is 31.0 Å². The van der Waals surface area contributed by atoms with E-state index in [4.69, 9.17) is 15.7 Å². The number of pyridine rings is 1. The van der Waals surface area contributed by atoms with Gasteiger partial charge in [0.2, 0.25) is 0 Å². The van der Waals surface area contributed by atoms with Crippen molar-refractivity contribution in [3.8, 4) is 11.3 Å². The van der Waals surface area contributed by atoms with Crippen LogP contribution in [0, 0.1) is 5.92 Å². The zero-order valence-corrected chi connectivity index (χ0v) is 20.1. The van der Waals surface area contributed by atoms with Crippen molar-refractivity contribution >= 4 is 33.7 Å². The van der Waals surface area contributed by atoms with Gasteiger partial charge in [0.05, 0.1) is 5.52 Å². The Hall–Kier alpha value is -3.97. The van der Waals surface area contributed by atoms with Crippen LogP contribution in [-0.2, 0) is 0 Å². The number of imidazole rings is 1. The number of benzene rings is 2. The van der Waals surface area contributed by atoms with Crippen LogP contribution in [0.15, 0.2) is 73.1 Å². The first kappa shape index (κ1) is 21.3. The number of anilines is 3. The van der Waals surface area contributed by atoms with E-state index in [-0.39, 0.29) is 0 Å². The fourth-order valence-corrected chi connectivity index (χ4v) is 5.60. The first-order chi connectivity index (χ1) is 17.7. The van der Waals surface area contributed by atoms with Crippen molar-refractivity contribution in [3.05, 3.63) is 78.9 Å². The van der Waals surface area contributed by atoms with E-state index in [1.165, 1.54) is 38.9 Å². The molecule has 7 heteroatoms. The summed E-state index contributed by atoms with van der Waals surface area (Å²) in [5.74, 6) is 3.65. The number of nitrogens with two attached hydrogens (primary N) is 1. The molecule has 0 bridgehead atoms. The standard InChI is InChI=1S/C29H29N7/c30-28-27-26(34-29(36(27)14-11-31-28)22-15-19(16-22)18-35-12-4-13-35)21-8-7-20-9-10-25(33-24(20)17-21)32-23-5-2-1-3-6-23/h1-3,5-11,14,17,19,22H,4,12-13,15-16,18H2,(H2,30,31)(H,32,33). The van der Waals surface area contributed by atoms with Crippen molar-refractivity contribution in [2.75, 3.05) is 30.7 Å². The monoisotopic (exact) mass is 475 g/mol. The molecule has 0 amide bonds. The predicted octanol–water partition coefficient (Wildman–Crippen LogP) is 5.47. The van der Waals surface area contributed by atoms with Crippen LogP contribution in [0.2, 0.25) is 0 Å². The van der Waals surface area contributed by atoms with Gasteiger partial charge in [-0.05, 0) is 68.6 Å². The second kappa shape index (κ2) is 8.60. The Morgan fingerprint density at radius 3 is 2.61 bits per heavy atom. The van der Waals surface area contributed by atoms with E-state index in [2.05, 4.69) is 43.9 Å². The molecule has 180 valence electrons. The van der Waals surface area contributed by atoms with E-state index in [0.29, 0.717) is 11.7 Å². The number of nitrogen functional groups attached to an aromatic ring is 1. The molecular weight excluding hydrogens is 446 g/mol. The molecule has 0 unspecified atom stereocenters. The first-order valence-corrected chi connectivity index (χ1v) is 12.8. The molecule has 7 rings (SSSR count). The predicted molar refractivity (Wildman–Crippen MR) is 144 cm³/mol. The van der Waals surface area contributed by atoms with E-state index in [9.17, 15) is 0 Å². The third kappa shape index (κ3) is 3.76. The smallest absolute Gasteiger partial charge is 0.150 e. The van der Waals surface area contributed by atoms with Gasteiger partial charge in [0.25, 0.3) is 0 Å². The average Bonchev–Trinajstić information content (AvgIpc) is 3.23. The number of rotatable bonds is 6. The largest absolute Gasteiger partial charge is 0.382 e. The lowest BCUT2D eigenvalue weighted by Crippen LogP contribution is -2.43. The van der Waals surface area contributed by atoms with Gasteiger partial charge in [0, 0.05) is 41.5 Å². The Labute approximate surface area is 210 Å². The molecule has 1 saturated carbocycles. The summed E-state index contributed by atoms with van der Waals surface area (Å²) in [6.45, 7) is 3.75. The number of likely N-dealkylation sites (tertiary alicyclic amines) is 1. The molecule has 36 heavy (non-hydrogen) atoms. The molecule has 0 atom stereocenters. The fourth-order valence-electron chi connectivity index (χ4n) is 5.60. The summed E-state index contributed by atoms with van der Waals surface area (Å²) in [6, 6.07) is 20.5. The molecule has 2 aromatic carbocycles. The highest BCUT2D eigenvalue weighted by Gasteiger charge is 2.36. The molecule has 5 aromatic rings. The number of hydrogen-bond acceptors (Lipinski definition) is 6. The molecule has 3 aromatic heterocycles. The second-order valence-electron chi connectivity index (χ2n) is 10.1. The van der Waals surface area contributed by atoms with E-state index in [1.54, 1.807) is 6.20 Å². The maximum atomic E-state index is 6.40. The lowest BCUT2D eigenvalue weighted by molar-refractivity contribution is 0.107. The molecule has 7 nitrogen and oxygen atoms in total. The normalized spacial score (nSPS) is 19.8. The number of nitrogens with zero attached hydrogens (tertiary/aromatic N) is 5. The van der Waals surface area contributed by atoms with Crippen LogP contribution in [-0.4, -0.2) is 43.9 Å². The van der Waals surface area contributed by atoms with E-state index < -0.39 is 0 Å². The number of aromatic nitrogens is 4. The third-order valence-corrected chi connectivity index (χ3v) is 7.69. The van der Waals surface area contributed by atoms with Crippen LogP contribution in [0.5, 0.6) is 0 Å². The van der Waals surface area contributed by atoms with Crippen molar-refractivity contribution in [2.24, 2.45) is 5.92 Å². The molecular formula is C29H29N7. The molecule has 4 heterocycles. The van der Waals surface area contributed by atoms with Gasteiger partial charge in [-0.25, -0.2) is 15.0 Å². The molecule has 2 fully saturated rings. The van der Waals surface area contributed by atoms with Gasteiger partial charge in [-0.3, -0.25) is 4.40 Å². The minimum atomic E-state index is 0.458. The van der Waals surface area contributed by atoms with Gasteiger partial charge in [0.15, 0.2) is 0 Å². The third-order valence-electron chi connectivity index (χ3n) is 7.69. The number of fused-ring (bicyclic) bond motifs is 2. The SMILES string of the molecule is Nc1nccn2c(C3CC(CN4CCC4)C3)nc(-c3ccc4ccc(Nc5ccccc5)nc4c3)c12. The summed E-state index contributed by atoms with van der Waals surface area (Å²) in [6.07, 6.45) is 7.50. The zero-order chi connectivity index (χ0) is 24.1. The van der Waals surface area contributed by atoms with Gasteiger partial charge < -0.3 is 16.0 Å². The van der Waals surface area contributed by atoms with E-state index in [1.807, 2.05) is 42.6 Å². The number of para-hydroxylation sites is 1. The van der Waals surface area contributed by atoms with E-state index in [0.717, 1.165) is 50.9 Å². The maximum absolute atomic E-state index is 6.40. The summed E-state index contributed by atoms with van der Waals surface area (Å²) in [4.78, 5) is 17.0. The van der Waals surface area contributed by atoms with Gasteiger partial charge in [-0.15, -0.1) is 0 Å². The van der Waals surface area contributed by atoms with Gasteiger partial charge in [0.1, 0.15) is 28.7 Å². The molecule has 1 aliphatic heterocycles. The lowest BCUT2D eigenvalue weighted by atomic mass is 9.74. The summed E-state index contributed by atoms with van der Waals surface area (Å²) in [5.41, 5.74) is 11.1. The minimum Gasteiger partial charge on any atom is -0.382 e. The highest BCUT2D eigenvalue weighted by atomic mass is 15.2. The van der Waals surface area contributed by atoms with Crippen molar-refractivity contribution in [3.63, 3.8) is 0 Å². The van der Waals surface area contributed by atoms with Gasteiger partial charge in [-0.1, -0.05) is 30.3 Å². The summed E-state index contributed by atoms with van der Waals surface area (Å²) in [5, 5.41) is 4.47. The highest BCUT2D eigenvalue weighted by molar-refractivity contribution is 5.91. The van der Waals surface area contributed by atoms with Crippen molar-refractivity contribution in [2.45, 2.75) is 25.2 Å². The Bertz CT molecular complexity index is 1550. The Morgan fingerprint density at radius 1 is 0.972 bits per heavy atom. The fraction of sp³-hybridized carbons (Fsp3) is 0.276. The number of nitrogens with one attached hydrogen (secondary N) is 1. The lowest BCUT2D eigenvalue weighted by Gasteiger charge is -2.41. The highest BCUT2D eigenvalue weighted by Crippen LogP contribution is 2.44. The van der Waals surface area contributed by atoms with E-state index >= 15 is 0 Å². The summed E-state index contributed by atoms with van der Waals surface area (Å²) < 4.78 is 2.16. The molecule has 1 aliphatic carbocycles. The van der Waals surface area contributed by atoms with Gasteiger partial charge >= 0.3 is 0 Å². The quantitative estimate of drug-likeness (QED) is 0.339. The zero-order valence-electron chi connectivity index (χ0n) is 20.1.